The Hall–Kier alpha value is -1.77. The van der Waals surface area contributed by atoms with Gasteiger partial charge in [-0.25, -0.2) is 17.5 Å². The highest BCUT2D eigenvalue weighted by Gasteiger charge is 2.31. The molecule has 1 heterocycles. The molecule has 0 saturated carbocycles. The second kappa shape index (κ2) is 6.15. The van der Waals surface area contributed by atoms with Crippen LogP contribution in [0.15, 0.2) is 41.6 Å². The summed E-state index contributed by atoms with van der Waals surface area (Å²) in [5.41, 5.74) is -0.841. The topological polar surface area (TPSA) is 73.2 Å². The summed E-state index contributed by atoms with van der Waals surface area (Å²) in [5.74, 6) is -0.451. The minimum absolute atomic E-state index is 0.0435. The molecule has 1 unspecified atom stereocenters. The summed E-state index contributed by atoms with van der Waals surface area (Å²) < 4.78 is 47.5. The molecule has 0 bridgehead atoms. The third-order valence-corrected chi connectivity index (χ3v) is 4.84. The first-order valence-corrected chi connectivity index (χ1v) is 8.05. The quantitative estimate of drug-likeness (QED) is 0.870. The van der Waals surface area contributed by atoms with E-state index >= 15 is 0 Å². The molecule has 0 spiro atoms. The molecule has 1 atom stereocenters. The monoisotopic (exact) mass is 327 g/mol. The maximum absolute atomic E-state index is 13.9. The summed E-state index contributed by atoms with van der Waals surface area (Å²) in [4.78, 5) is 0.0435. The molecule has 0 fully saturated rings. The van der Waals surface area contributed by atoms with Gasteiger partial charge < -0.3 is 4.74 Å². The van der Waals surface area contributed by atoms with Gasteiger partial charge in [0.1, 0.15) is 16.3 Å². The second-order valence-corrected chi connectivity index (χ2v) is 6.86. The van der Waals surface area contributed by atoms with Gasteiger partial charge in [0.15, 0.2) is 0 Å². The van der Waals surface area contributed by atoms with E-state index in [1.165, 1.54) is 30.3 Å². The van der Waals surface area contributed by atoms with E-state index in [4.69, 9.17) is 4.74 Å². The van der Waals surface area contributed by atoms with Crippen LogP contribution in [0, 0.1) is 5.82 Å². The minimum atomic E-state index is -3.74. The van der Waals surface area contributed by atoms with E-state index < -0.39 is 21.4 Å². The lowest BCUT2D eigenvalue weighted by Gasteiger charge is -2.29. The number of methoxy groups -OCH3 is 1. The molecule has 0 radical (unpaired) electrons. The van der Waals surface area contributed by atoms with E-state index in [0.29, 0.717) is 0 Å². The molecule has 8 heteroatoms. The lowest BCUT2D eigenvalue weighted by Crippen LogP contribution is -2.40. The lowest BCUT2D eigenvalue weighted by molar-refractivity contribution is 0.00410. The van der Waals surface area contributed by atoms with Gasteiger partial charge in [0.2, 0.25) is 10.0 Å². The van der Waals surface area contributed by atoms with E-state index in [-0.39, 0.29) is 17.0 Å². The summed E-state index contributed by atoms with van der Waals surface area (Å²) in [6.07, 6.45) is 2.63. The molecule has 6 nitrogen and oxygen atoms in total. The van der Waals surface area contributed by atoms with E-state index in [9.17, 15) is 12.8 Å². The van der Waals surface area contributed by atoms with Crippen molar-refractivity contribution >= 4 is 10.0 Å². The van der Waals surface area contributed by atoms with Crippen LogP contribution < -0.4 is 4.72 Å². The van der Waals surface area contributed by atoms with Crippen molar-refractivity contribution in [2.24, 2.45) is 7.05 Å². The number of hydrogen-bond acceptors (Lipinski definition) is 4. The minimum Gasteiger partial charge on any atom is -0.372 e. The molecule has 1 aromatic heterocycles. The first-order chi connectivity index (χ1) is 10.3. The molecule has 0 aliphatic carbocycles. The standard InChI is InChI=1S/C14H18FN3O3S/c1-14(21-3,12-6-4-5-7-13(12)15)10-17-22(19,20)11-8-16-18(2)9-11/h4-9,17H,10H2,1-3H3. The molecule has 0 aliphatic rings. The van der Waals surface area contributed by atoms with Crippen molar-refractivity contribution in [3.63, 3.8) is 0 Å². The SMILES string of the molecule is COC(C)(CNS(=O)(=O)c1cnn(C)c1)c1ccccc1F. The number of sulfonamides is 1. The van der Waals surface area contributed by atoms with Crippen LogP contribution in [-0.2, 0) is 27.4 Å². The van der Waals surface area contributed by atoms with Crippen molar-refractivity contribution < 1.29 is 17.5 Å². The zero-order valence-corrected chi connectivity index (χ0v) is 13.4. The molecule has 120 valence electrons. The Balaban J connectivity index is 2.23. The van der Waals surface area contributed by atoms with Gasteiger partial charge in [-0.15, -0.1) is 0 Å². The Morgan fingerprint density at radius 3 is 2.64 bits per heavy atom. The molecular formula is C14H18FN3O3S. The highest BCUT2D eigenvalue weighted by molar-refractivity contribution is 7.89. The fourth-order valence-electron chi connectivity index (χ4n) is 2.02. The van der Waals surface area contributed by atoms with Crippen LogP contribution in [0.4, 0.5) is 4.39 Å². The van der Waals surface area contributed by atoms with Crippen molar-refractivity contribution in [2.75, 3.05) is 13.7 Å². The highest BCUT2D eigenvalue weighted by Crippen LogP contribution is 2.26. The van der Waals surface area contributed by atoms with Crippen molar-refractivity contribution in [1.29, 1.82) is 0 Å². The average molecular weight is 327 g/mol. The van der Waals surface area contributed by atoms with Crippen molar-refractivity contribution in [2.45, 2.75) is 17.4 Å². The van der Waals surface area contributed by atoms with E-state index in [0.717, 1.165) is 0 Å². The number of rotatable bonds is 6. The molecule has 1 aromatic carbocycles. The Morgan fingerprint density at radius 1 is 1.41 bits per heavy atom. The fraction of sp³-hybridized carbons (Fsp3) is 0.357. The van der Waals surface area contributed by atoms with Crippen LogP contribution in [-0.4, -0.2) is 31.9 Å². The van der Waals surface area contributed by atoms with Crippen molar-refractivity contribution in [3.05, 3.63) is 48.0 Å². The van der Waals surface area contributed by atoms with Crippen LogP contribution in [0.1, 0.15) is 12.5 Å². The molecule has 0 amide bonds. The predicted octanol–water partition coefficient (Wildman–Crippen LogP) is 1.40. The molecular weight excluding hydrogens is 309 g/mol. The van der Waals surface area contributed by atoms with Gasteiger partial charge in [0.05, 0.1) is 6.20 Å². The zero-order chi connectivity index (χ0) is 16.4. The van der Waals surface area contributed by atoms with Crippen molar-refractivity contribution in [3.8, 4) is 0 Å². The van der Waals surface area contributed by atoms with E-state index in [1.807, 2.05) is 0 Å². The van der Waals surface area contributed by atoms with E-state index in [2.05, 4.69) is 9.82 Å². The maximum Gasteiger partial charge on any atom is 0.243 e. The summed E-state index contributed by atoms with van der Waals surface area (Å²) in [6, 6.07) is 6.11. The van der Waals surface area contributed by atoms with E-state index in [1.54, 1.807) is 32.2 Å². The molecule has 2 rings (SSSR count). The summed E-state index contributed by atoms with van der Waals surface area (Å²) in [6.45, 7) is 1.51. The number of nitrogens with one attached hydrogen (secondary N) is 1. The lowest BCUT2D eigenvalue weighted by atomic mass is 9.95. The molecule has 0 aliphatic heterocycles. The number of benzene rings is 1. The summed E-state index contributed by atoms with van der Waals surface area (Å²) >= 11 is 0. The Kier molecular flexibility index (Phi) is 4.64. The van der Waals surface area contributed by atoms with Crippen LogP contribution >= 0.6 is 0 Å². The summed E-state index contributed by atoms with van der Waals surface area (Å²) in [5, 5.41) is 3.83. The van der Waals surface area contributed by atoms with Crippen molar-refractivity contribution in [1.82, 2.24) is 14.5 Å². The third kappa shape index (κ3) is 3.34. The van der Waals surface area contributed by atoms with Gasteiger partial charge in [-0.1, -0.05) is 18.2 Å². The normalized spacial score (nSPS) is 14.7. The van der Waals surface area contributed by atoms with Crippen LogP contribution in [0.2, 0.25) is 0 Å². The zero-order valence-electron chi connectivity index (χ0n) is 12.6. The number of hydrogen-bond donors (Lipinski definition) is 1. The molecule has 0 saturated heterocycles. The number of aryl methyl sites for hydroxylation is 1. The maximum atomic E-state index is 13.9. The Morgan fingerprint density at radius 2 is 2.09 bits per heavy atom. The largest absolute Gasteiger partial charge is 0.372 e. The highest BCUT2D eigenvalue weighted by atomic mass is 32.2. The average Bonchev–Trinajstić information content (AvgIpc) is 2.93. The van der Waals surface area contributed by atoms with Gasteiger partial charge in [0, 0.05) is 32.5 Å². The van der Waals surface area contributed by atoms with Crippen LogP contribution in [0.25, 0.3) is 0 Å². The van der Waals surface area contributed by atoms with Gasteiger partial charge in [-0.2, -0.15) is 5.10 Å². The smallest absolute Gasteiger partial charge is 0.243 e. The number of halogens is 1. The Bertz CT molecular complexity index is 760. The predicted molar refractivity (Wildman–Crippen MR) is 79.2 cm³/mol. The number of aromatic nitrogens is 2. The van der Waals surface area contributed by atoms with Gasteiger partial charge in [-0.05, 0) is 13.0 Å². The number of nitrogens with zero attached hydrogens (tertiary/aromatic N) is 2. The third-order valence-electron chi connectivity index (χ3n) is 3.49. The molecule has 2 aromatic rings. The van der Waals surface area contributed by atoms with Gasteiger partial charge in [-0.3, -0.25) is 4.68 Å². The first-order valence-electron chi connectivity index (χ1n) is 6.57. The summed E-state index contributed by atoms with van der Waals surface area (Å²) in [7, 11) is -0.709. The van der Waals surface area contributed by atoms with Crippen LogP contribution in [0.3, 0.4) is 0 Å². The van der Waals surface area contributed by atoms with Gasteiger partial charge in [0.25, 0.3) is 0 Å². The van der Waals surface area contributed by atoms with Gasteiger partial charge >= 0.3 is 0 Å². The molecule has 1 N–H and O–H groups in total. The first kappa shape index (κ1) is 16.6. The molecule has 22 heavy (non-hydrogen) atoms. The fourth-order valence-corrected chi connectivity index (χ4v) is 3.13. The van der Waals surface area contributed by atoms with Crippen LogP contribution in [0.5, 0.6) is 0 Å². The second-order valence-electron chi connectivity index (χ2n) is 5.09. The Labute approximate surface area is 129 Å². The number of ether oxygens (including phenoxy) is 1.